The number of amides is 1. The number of nitrogens with zero attached hydrogens (tertiary/aromatic N) is 1. The number of halogens is 1. The van der Waals surface area contributed by atoms with Crippen molar-refractivity contribution < 1.29 is 18.7 Å². The third-order valence-corrected chi connectivity index (χ3v) is 5.01. The Morgan fingerprint density at radius 1 is 1.28 bits per heavy atom. The molecule has 11 heteroatoms. The van der Waals surface area contributed by atoms with E-state index in [4.69, 9.17) is 14.9 Å². The minimum Gasteiger partial charge on any atom is -0.497 e. The van der Waals surface area contributed by atoms with Crippen molar-refractivity contribution in [3.63, 3.8) is 0 Å². The van der Waals surface area contributed by atoms with Crippen LogP contribution in [0.3, 0.4) is 0 Å². The zero-order valence-electron chi connectivity index (χ0n) is 15.0. The molecule has 29 heavy (non-hydrogen) atoms. The van der Waals surface area contributed by atoms with Gasteiger partial charge in [0.25, 0.3) is 11.5 Å². The summed E-state index contributed by atoms with van der Waals surface area (Å²) in [7, 11) is 1.54. The van der Waals surface area contributed by atoms with Crippen LogP contribution in [0.1, 0.15) is 20.9 Å². The number of furan rings is 1. The van der Waals surface area contributed by atoms with Crippen LogP contribution in [-0.4, -0.2) is 34.5 Å². The average molecular weight is 479 g/mol. The van der Waals surface area contributed by atoms with E-state index in [0.717, 1.165) is 11.8 Å². The van der Waals surface area contributed by atoms with E-state index in [1.807, 2.05) is 0 Å². The summed E-state index contributed by atoms with van der Waals surface area (Å²) in [4.78, 5) is 43.2. The van der Waals surface area contributed by atoms with Crippen LogP contribution in [0, 0.1) is 0 Å². The highest BCUT2D eigenvalue weighted by molar-refractivity contribution is 9.10. The SMILES string of the molecule is COc1ccc(C(=O)CSc2nc(N)c(NC(=O)c3ccc(Br)o3)c(=O)[nH]2)cc1. The summed E-state index contributed by atoms with van der Waals surface area (Å²) in [5.41, 5.74) is 5.46. The lowest BCUT2D eigenvalue weighted by Gasteiger charge is -2.07. The van der Waals surface area contributed by atoms with Crippen molar-refractivity contribution in [2.75, 3.05) is 23.9 Å². The lowest BCUT2D eigenvalue weighted by molar-refractivity contribution is 0.0993. The predicted octanol–water partition coefficient (Wildman–Crippen LogP) is 2.94. The molecule has 3 aromatic rings. The first-order chi connectivity index (χ1) is 13.9. The number of benzene rings is 1. The fourth-order valence-electron chi connectivity index (χ4n) is 2.26. The van der Waals surface area contributed by atoms with E-state index < -0.39 is 11.5 Å². The monoisotopic (exact) mass is 478 g/mol. The maximum absolute atomic E-state index is 12.3. The van der Waals surface area contributed by atoms with Gasteiger partial charge in [-0.3, -0.25) is 19.4 Å². The highest BCUT2D eigenvalue weighted by Gasteiger charge is 2.17. The van der Waals surface area contributed by atoms with E-state index in [1.165, 1.54) is 6.07 Å². The summed E-state index contributed by atoms with van der Waals surface area (Å²) < 4.78 is 10.5. The highest BCUT2D eigenvalue weighted by Crippen LogP contribution is 2.20. The fourth-order valence-corrected chi connectivity index (χ4v) is 3.33. The Labute approximate surface area is 177 Å². The van der Waals surface area contributed by atoms with E-state index >= 15 is 0 Å². The molecule has 0 fully saturated rings. The minimum atomic E-state index is -0.648. The number of hydrogen-bond acceptors (Lipinski definition) is 8. The van der Waals surface area contributed by atoms with Crippen LogP contribution < -0.4 is 21.3 Å². The Bertz CT molecular complexity index is 1110. The first-order valence-electron chi connectivity index (χ1n) is 8.14. The van der Waals surface area contributed by atoms with Crippen LogP contribution in [0.4, 0.5) is 11.5 Å². The van der Waals surface area contributed by atoms with Gasteiger partial charge in [0, 0.05) is 5.56 Å². The van der Waals surface area contributed by atoms with Crippen LogP contribution in [0.2, 0.25) is 0 Å². The van der Waals surface area contributed by atoms with E-state index in [0.29, 0.717) is 16.0 Å². The smallest absolute Gasteiger partial charge is 0.291 e. The molecule has 9 nitrogen and oxygen atoms in total. The maximum atomic E-state index is 12.3. The van der Waals surface area contributed by atoms with Gasteiger partial charge in [-0.25, -0.2) is 4.98 Å². The van der Waals surface area contributed by atoms with Crippen molar-refractivity contribution in [2.45, 2.75) is 5.16 Å². The molecule has 0 radical (unpaired) electrons. The molecule has 150 valence electrons. The lowest BCUT2D eigenvalue weighted by atomic mass is 10.1. The third-order valence-electron chi connectivity index (χ3n) is 3.71. The van der Waals surface area contributed by atoms with Crippen LogP contribution in [0.15, 0.2) is 55.4 Å². The summed E-state index contributed by atoms with van der Waals surface area (Å²) in [5.74, 6) is -0.288. The molecule has 1 aromatic carbocycles. The number of nitrogens with one attached hydrogen (secondary N) is 2. The first-order valence-corrected chi connectivity index (χ1v) is 9.91. The van der Waals surface area contributed by atoms with Gasteiger partial charge in [-0.05, 0) is 52.3 Å². The predicted molar refractivity (Wildman–Crippen MR) is 112 cm³/mol. The summed E-state index contributed by atoms with van der Waals surface area (Å²) >= 11 is 4.11. The van der Waals surface area contributed by atoms with Crippen molar-refractivity contribution >= 4 is 50.9 Å². The number of thioether (sulfide) groups is 1. The number of Topliss-reactive ketones (excluding diaryl/α,β-unsaturated/α-hetero) is 1. The number of ketones is 1. The number of hydrogen-bond donors (Lipinski definition) is 3. The van der Waals surface area contributed by atoms with Gasteiger partial charge in [0.05, 0.1) is 12.9 Å². The summed E-state index contributed by atoms with van der Waals surface area (Å²) in [5, 5.41) is 2.52. The topological polar surface area (TPSA) is 140 Å². The molecule has 0 bridgehead atoms. The minimum absolute atomic E-state index is 0.000727. The summed E-state index contributed by atoms with van der Waals surface area (Å²) in [6.07, 6.45) is 0. The quantitative estimate of drug-likeness (QED) is 0.267. The van der Waals surface area contributed by atoms with Gasteiger partial charge in [0.15, 0.2) is 32.9 Å². The number of H-pyrrole nitrogens is 1. The van der Waals surface area contributed by atoms with Gasteiger partial charge >= 0.3 is 0 Å². The number of carbonyl (C=O) groups is 2. The molecule has 0 atom stereocenters. The number of aromatic amines is 1. The van der Waals surface area contributed by atoms with Crippen LogP contribution in [0.5, 0.6) is 5.75 Å². The number of aromatic nitrogens is 2. The Hall–Kier alpha value is -3.05. The van der Waals surface area contributed by atoms with Gasteiger partial charge in [-0.1, -0.05) is 11.8 Å². The van der Waals surface area contributed by atoms with E-state index in [1.54, 1.807) is 37.4 Å². The number of rotatable bonds is 7. The molecule has 0 aliphatic carbocycles. The largest absolute Gasteiger partial charge is 0.497 e. The number of carbonyl (C=O) groups excluding carboxylic acids is 2. The first kappa shape index (κ1) is 20.7. The fraction of sp³-hybridized carbons (Fsp3) is 0.111. The Kier molecular flexibility index (Phi) is 6.39. The maximum Gasteiger partial charge on any atom is 0.291 e. The van der Waals surface area contributed by atoms with Crippen molar-refractivity contribution in [3.8, 4) is 5.75 Å². The van der Waals surface area contributed by atoms with E-state index in [-0.39, 0.29) is 34.0 Å². The number of anilines is 2. The molecule has 1 amide bonds. The molecule has 0 saturated carbocycles. The molecular formula is C18H15BrN4O5S. The van der Waals surface area contributed by atoms with Crippen molar-refractivity contribution in [2.24, 2.45) is 0 Å². The molecule has 2 heterocycles. The molecule has 3 rings (SSSR count). The Balaban J connectivity index is 1.67. The second-order valence-corrected chi connectivity index (χ2v) is 7.38. The van der Waals surface area contributed by atoms with Crippen LogP contribution >= 0.6 is 27.7 Å². The van der Waals surface area contributed by atoms with E-state index in [2.05, 4.69) is 31.2 Å². The summed E-state index contributed by atoms with van der Waals surface area (Å²) in [6.45, 7) is 0. The molecule has 0 saturated heterocycles. The van der Waals surface area contributed by atoms with E-state index in [9.17, 15) is 14.4 Å². The van der Waals surface area contributed by atoms with Gasteiger partial charge < -0.3 is 20.2 Å². The molecule has 0 unspecified atom stereocenters. The third kappa shape index (κ3) is 5.06. The molecule has 4 N–H and O–H groups in total. The second-order valence-electron chi connectivity index (χ2n) is 5.63. The number of nitrogens with two attached hydrogens (primary N) is 1. The van der Waals surface area contributed by atoms with Gasteiger partial charge in [-0.15, -0.1) is 0 Å². The lowest BCUT2D eigenvalue weighted by Crippen LogP contribution is -2.23. The second kappa shape index (κ2) is 8.97. The van der Waals surface area contributed by atoms with Crippen LogP contribution in [-0.2, 0) is 0 Å². The van der Waals surface area contributed by atoms with Gasteiger partial charge in [0.1, 0.15) is 5.75 Å². The molecule has 0 aliphatic heterocycles. The molecule has 2 aromatic heterocycles. The highest BCUT2D eigenvalue weighted by atomic mass is 79.9. The molecular weight excluding hydrogens is 464 g/mol. The van der Waals surface area contributed by atoms with Gasteiger partial charge in [-0.2, -0.15) is 0 Å². The molecule has 0 aliphatic rings. The number of nitrogen functional groups attached to an aromatic ring is 1. The normalized spacial score (nSPS) is 10.6. The zero-order valence-corrected chi connectivity index (χ0v) is 17.4. The van der Waals surface area contributed by atoms with Crippen LogP contribution in [0.25, 0.3) is 0 Å². The van der Waals surface area contributed by atoms with Crippen molar-refractivity contribution in [1.82, 2.24) is 9.97 Å². The Morgan fingerprint density at radius 3 is 2.59 bits per heavy atom. The van der Waals surface area contributed by atoms with Crippen molar-refractivity contribution in [3.05, 3.63) is 62.7 Å². The van der Waals surface area contributed by atoms with Crippen molar-refractivity contribution in [1.29, 1.82) is 0 Å². The molecule has 0 spiro atoms. The number of ether oxygens (including phenoxy) is 1. The number of methoxy groups -OCH3 is 1. The zero-order chi connectivity index (χ0) is 21.0. The summed E-state index contributed by atoms with van der Waals surface area (Å²) in [6, 6.07) is 9.65. The van der Waals surface area contributed by atoms with Gasteiger partial charge in [0.2, 0.25) is 0 Å². The average Bonchev–Trinajstić information content (AvgIpc) is 3.15. The Morgan fingerprint density at radius 2 is 2.00 bits per heavy atom. The standard InChI is InChI=1S/C18H15BrN4O5S/c1-27-10-4-2-9(3-5-10)11(24)8-29-18-22-15(20)14(17(26)23-18)21-16(25)12-6-7-13(19)28-12/h2-7H,8H2,1H3,(H,21,25)(H3,20,22,23,26).